The summed E-state index contributed by atoms with van der Waals surface area (Å²) in [7, 11) is 3.92. The van der Waals surface area contributed by atoms with Crippen molar-refractivity contribution in [3.63, 3.8) is 0 Å². The van der Waals surface area contributed by atoms with Gasteiger partial charge >= 0.3 is 6.03 Å². The molecule has 0 aliphatic carbocycles. The standard InChI is InChI=1S/C14H26N4O3/c1-16(2)8-11-6-12(19)9-18(11)13(20)10-4-3-5-17(7-10)14(15)21/h10-12,19H,3-9H2,1-2H3,(H2,15,21). The summed E-state index contributed by atoms with van der Waals surface area (Å²) < 4.78 is 0. The highest BCUT2D eigenvalue weighted by Crippen LogP contribution is 2.25. The quantitative estimate of drug-likeness (QED) is 0.721. The maximum absolute atomic E-state index is 12.7. The first-order valence-corrected chi connectivity index (χ1v) is 7.56. The third-order valence-electron chi connectivity index (χ3n) is 4.33. The lowest BCUT2D eigenvalue weighted by Crippen LogP contribution is -2.50. The molecule has 7 nitrogen and oxygen atoms in total. The highest BCUT2D eigenvalue weighted by molar-refractivity contribution is 5.81. The Kier molecular flexibility index (Phi) is 5.05. The molecule has 7 heteroatoms. The van der Waals surface area contributed by atoms with Crippen LogP contribution in [0.4, 0.5) is 4.79 Å². The summed E-state index contributed by atoms with van der Waals surface area (Å²) in [5.74, 6) is -0.148. The number of likely N-dealkylation sites (tertiary alicyclic amines) is 2. The Morgan fingerprint density at radius 1 is 1.33 bits per heavy atom. The van der Waals surface area contributed by atoms with Gasteiger partial charge in [-0.1, -0.05) is 0 Å². The summed E-state index contributed by atoms with van der Waals surface area (Å²) in [6, 6.07) is -0.412. The molecule has 0 radical (unpaired) electrons. The zero-order valence-corrected chi connectivity index (χ0v) is 12.9. The number of β-amino-alcohol motifs (C(OH)–C–C–N with tert-alkyl or cyclic N) is 1. The van der Waals surface area contributed by atoms with E-state index in [0.717, 1.165) is 19.4 Å². The Morgan fingerprint density at radius 3 is 2.67 bits per heavy atom. The van der Waals surface area contributed by atoms with E-state index in [1.165, 1.54) is 0 Å². The van der Waals surface area contributed by atoms with Gasteiger partial charge in [0.25, 0.3) is 0 Å². The molecule has 120 valence electrons. The van der Waals surface area contributed by atoms with E-state index in [9.17, 15) is 14.7 Å². The number of rotatable bonds is 3. The number of carbonyl (C=O) groups excluding carboxylic acids is 2. The van der Waals surface area contributed by atoms with Crippen LogP contribution in [0.2, 0.25) is 0 Å². The van der Waals surface area contributed by atoms with Crippen LogP contribution in [0.25, 0.3) is 0 Å². The molecule has 3 N–H and O–H groups in total. The average molecular weight is 298 g/mol. The summed E-state index contributed by atoms with van der Waals surface area (Å²) in [4.78, 5) is 29.4. The number of primary amides is 1. The van der Waals surface area contributed by atoms with E-state index >= 15 is 0 Å². The Hall–Kier alpha value is -1.34. The molecule has 2 rings (SSSR count). The first-order chi connectivity index (χ1) is 9.88. The van der Waals surface area contributed by atoms with Crippen molar-refractivity contribution >= 4 is 11.9 Å². The number of nitrogens with zero attached hydrogens (tertiary/aromatic N) is 3. The van der Waals surface area contributed by atoms with E-state index in [2.05, 4.69) is 0 Å². The van der Waals surface area contributed by atoms with Crippen LogP contribution < -0.4 is 5.73 Å². The van der Waals surface area contributed by atoms with Gasteiger partial charge in [0, 0.05) is 32.2 Å². The molecule has 0 bridgehead atoms. The third-order valence-corrected chi connectivity index (χ3v) is 4.33. The van der Waals surface area contributed by atoms with Crippen molar-refractivity contribution in [3.05, 3.63) is 0 Å². The van der Waals surface area contributed by atoms with E-state index in [4.69, 9.17) is 5.73 Å². The van der Waals surface area contributed by atoms with E-state index in [1.807, 2.05) is 19.0 Å². The number of carbonyl (C=O) groups is 2. The van der Waals surface area contributed by atoms with Gasteiger partial charge in [-0.15, -0.1) is 0 Å². The second kappa shape index (κ2) is 6.62. The van der Waals surface area contributed by atoms with Gasteiger partial charge in [0.1, 0.15) is 0 Å². The number of aliphatic hydroxyl groups excluding tert-OH is 1. The van der Waals surface area contributed by atoms with Gasteiger partial charge in [-0.05, 0) is 33.4 Å². The van der Waals surface area contributed by atoms with Crippen LogP contribution in [0, 0.1) is 5.92 Å². The molecule has 2 heterocycles. The second-order valence-electron chi connectivity index (χ2n) is 6.42. The topological polar surface area (TPSA) is 90.1 Å². The summed E-state index contributed by atoms with van der Waals surface area (Å²) in [5, 5.41) is 9.87. The minimum atomic E-state index is -0.459. The fourth-order valence-corrected chi connectivity index (χ4v) is 3.37. The lowest BCUT2D eigenvalue weighted by atomic mass is 9.96. The van der Waals surface area contributed by atoms with Crippen LogP contribution >= 0.6 is 0 Å². The molecule has 2 fully saturated rings. The molecule has 3 amide bonds. The Labute approximate surface area is 125 Å². The maximum Gasteiger partial charge on any atom is 0.314 e. The van der Waals surface area contributed by atoms with Crippen molar-refractivity contribution < 1.29 is 14.7 Å². The minimum Gasteiger partial charge on any atom is -0.391 e. The lowest BCUT2D eigenvalue weighted by Gasteiger charge is -2.35. The number of urea groups is 1. The SMILES string of the molecule is CN(C)CC1CC(O)CN1C(=O)C1CCCN(C(N)=O)C1. The van der Waals surface area contributed by atoms with Crippen molar-refractivity contribution in [2.75, 3.05) is 40.3 Å². The average Bonchev–Trinajstić information content (AvgIpc) is 2.78. The molecule has 0 aromatic carbocycles. The maximum atomic E-state index is 12.7. The minimum absolute atomic E-state index is 0.0457. The molecule has 0 aromatic rings. The van der Waals surface area contributed by atoms with Gasteiger partial charge in [0.2, 0.25) is 5.91 Å². The number of piperidine rings is 1. The number of likely N-dealkylation sites (N-methyl/N-ethyl adjacent to an activating group) is 1. The number of hydrogen-bond acceptors (Lipinski definition) is 4. The van der Waals surface area contributed by atoms with Crippen LogP contribution in [0.3, 0.4) is 0 Å². The number of amides is 3. The molecule has 3 atom stereocenters. The first kappa shape index (κ1) is 16.0. The van der Waals surface area contributed by atoms with Crippen LogP contribution in [-0.2, 0) is 4.79 Å². The summed E-state index contributed by atoms with van der Waals surface area (Å²) >= 11 is 0. The fraction of sp³-hybridized carbons (Fsp3) is 0.857. The second-order valence-corrected chi connectivity index (χ2v) is 6.42. The van der Waals surface area contributed by atoms with Gasteiger partial charge in [-0.25, -0.2) is 4.79 Å². The molecule has 3 unspecified atom stereocenters. The number of nitrogens with two attached hydrogens (primary N) is 1. The largest absolute Gasteiger partial charge is 0.391 e. The van der Waals surface area contributed by atoms with E-state index in [1.54, 1.807) is 9.80 Å². The predicted molar refractivity (Wildman–Crippen MR) is 78.6 cm³/mol. The molecule has 0 aromatic heterocycles. The smallest absolute Gasteiger partial charge is 0.314 e. The van der Waals surface area contributed by atoms with Crippen molar-refractivity contribution in [2.45, 2.75) is 31.4 Å². The molecule has 2 saturated heterocycles. The van der Waals surface area contributed by atoms with Crippen LogP contribution in [0.15, 0.2) is 0 Å². The Morgan fingerprint density at radius 2 is 2.05 bits per heavy atom. The molecule has 21 heavy (non-hydrogen) atoms. The zero-order valence-electron chi connectivity index (χ0n) is 12.9. The van der Waals surface area contributed by atoms with Crippen molar-refractivity contribution in [1.82, 2.24) is 14.7 Å². The third kappa shape index (κ3) is 3.85. The Bertz CT molecular complexity index is 402. The zero-order chi connectivity index (χ0) is 15.6. The van der Waals surface area contributed by atoms with Crippen molar-refractivity contribution in [1.29, 1.82) is 0 Å². The van der Waals surface area contributed by atoms with Crippen LogP contribution in [0.1, 0.15) is 19.3 Å². The monoisotopic (exact) mass is 298 g/mol. The molecular formula is C14H26N4O3. The highest BCUT2D eigenvalue weighted by atomic mass is 16.3. The molecule has 2 aliphatic heterocycles. The lowest BCUT2D eigenvalue weighted by molar-refractivity contribution is -0.138. The van der Waals surface area contributed by atoms with Crippen LogP contribution in [0.5, 0.6) is 0 Å². The van der Waals surface area contributed by atoms with Gasteiger partial charge in [-0.3, -0.25) is 4.79 Å². The van der Waals surface area contributed by atoms with E-state index in [-0.39, 0.29) is 17.9 Å². The number of aliphatic hydroxyl groups is 1. The Balaban J connectivity index is 2.02. The predicted octanol–water partition coefficient (Wildman–Crippen LogP) is -0.699. The normalized spacial score (nSPS) is 30.0. The van der Waals surface area contributed by atoms with E-state index < -0.39 is 12.1 Å². The van der Waals surface area contributed by atoms with Gasteiger partial charge < -0.3 is 25.5 Å². The van der Waals surface area contributed by atoms with Crippen molar-refractivity contribution in [2.24, 2.45) is 11.7 Å². The molecule has 0 spiro atoms. The van der Waals surface area contributed by atoms with Crippen molar-refractivity contribution in [3.8, 4) is 0 Å². The van der Waals surface area contributed by atoms with Gasteiger partial charge in [0.05, 0.1) is 12.0 Å². The van der Waals surface area contributed by atoms with Gasteiger partial charge in [-0.2, -0.15) is 0 Å². The molecule has 0 saturated carbocycles. The summed E-state index contributed by atoms with van der Waals surface area (Å²) in [6.07, 6.45) is 1.75. The van der Waals surface area contributed by atoms with Gasteiger partial charge in [0.15, 0.2) is 0 Å². The number of hydrogen-bond donors (Lipinski definition) is 2. The van der Waals surface area contributed by atoms with E-state index in [0.29, 0.717) is 26.1 Å². The fourth-order valence-electron chi connectivity index (χ4n) is 3.37. The molecule has 2 aliphatic rings. The van der Waals surface area contributed by atoms with Crippen LogP contribution in [-0.4, -0.2) is 84.2 Å². The molecular weight excluding hydrogens is 272 g/mol. The summed E-state index contributed by atoms with van der Waals surface area (Å²) in [6.45, 7) is 2.16. The highest BCUT2D eigenvalue weighted by Gasteiger charge is 2.38. The first-order valence-electron chi connectivity index (χ1n) is 7.56. The summed E-state index contributed by atoms with van der Waals surface area (Å²) in [5.41, 5.74) is 5.31.